The van der Waals surface area contributed by atoms with Crippen LogP contribution in [0, 0.1) is 6.92 Å². The predicted octanol–water partition coefficient (Wildman–Crippen LogP) is 5.78. The molecule has 174 valence electrons. The maximum atomic E-state index is 12.7. The van der Waals surface area contributed by atoms with E-state index in [1.807, 2.05) is 52.0 Å². The summed E-state index contributed by atoms with van der Waals surface area (Å²) in [6.07, 6.45) is 1.79. The van der Waals surface area contributed by atoms with Crippen LogP contribution in [-0.2, 0) is 9.59 Å². The van der Waals surface area contributed by atoms with Crippen LogP contribution in [0.5, 0.6) is 11.5 Å². The highest BCUT2D eigenvalue weighted by Crippen LogP contribution is 2.35. The van der Waals surface area contributed by atoms with Crippen LogP contribution >= 0.6 is 39.9 Å². The van der Waals surface area contributed by atoms with Gasteiger partial charge in [0.15, 0.2) is 18.1 Å². The zero-order chi connectivity index (χ0) is 24.1. The number of ether oxygens (including phenoxy) is 2. The van der Waals surface area contributed by atoms with E-state index in [0.29, 0.717) is 27.3 Å². The van der Waals surface area contributed by atoms with Crippen molar-refractivity contribution < 1.29 is 19.1 Å². The maximum absolute atomic E-state index is 12.7. The lowest BCUT2D eigenvalue weighted by Crippen LogP contribution is -2.34. The van der Waals surface area contributed by atoms with Gasteiger partial charge in [-0.05, 0) is 75.2 Å². The monoisotopic (exact) mass is 548 g/mol. The number of thiocarbonyl (C=S) groups is 1. The first-order valence-electron chi connectivity index (χ1n) is 10.4. The summed E-state index contributed by atoms with van der Waals surface area (Å²) in [7, 11) is 0. The van der Waals surface area contributed by atoms with Crippen molar-refractivity contribution in [2.45, 2.75) is 33.7 Å². The van der Waals surface area contributed by atoms with Crippen LogP contribution in [0.4, 0.5) is 5.69 Å². The molecule has 2 amide bonds. The first-order valence-corrected chi connectivity index (χ1v) is 12.4. The van der Waals surface area contributed by atoms with E-state index in [0.717, 1.165) is 21.3 Å². The zero-order valence-electron chi connectivity index (χ0n) is 18.8. The van der Waals surface area contributed by atoms with Gasteiger partial charge in [-0.2, -0.15) is 0 Å². The molecule has 2 aromatic rings. The second kappa shape index (κ2) is 11.2. The van der Waals surface area contributed by atoms with Crippen LogP contribution in [0.1, 0.15) is 31.9 Å². The smallest absolute Gasteiger partial charge is 0.266 e. The van der Waals surface area contributed by atoms with Crippen LogP contribution in [0.3, 0.4) is 0 Å². The van der Waals surface area contributed by atoms with Gasteiger partial charge in [-0.3, -0.25) is 14.5 Å². The van der Waals surface area contributed by atoms with Gasteiger partial charge in [-0.25, -0.2) is 0 Å². The Labute approximate surface area is 211 Å². The molecule has 1 aliphatic rings. The molecule has 1 aliphatic heterocycles. The number of nitrogens with zero attached hydrogens (tertiary/aromatic N) is 1. The minimum Gasteiger partial charge on any atom is -0.490 e. The summed E-state index contributed by atoms with van der Waals surface area (Å²) in [6.45, 7) is 7.92. The number of rotatable bonds is 8. The van der Waals surface area contributed by atoms with Crippen molar-refractivity contribution in [3.8, 4) is 11.5 Å². The number of hydrogen-bond acceptors (Lipinski definition) is 6. The van der Waals surface area contributed by atoms with Crippen molar-refractivity contribution in [2.75, 3.05) is 18.5 Å². The van der Waals surface area contributed by atoms with Crippen molar-refractivity contribution in [3.05, 3.63) is 56.9 Å². The number of aryl methyl sites for hydroxylation is 1. The van der Waals surface area contributed by atoms with Gasteiger partial charge in [0.05, 0.1) is 11.5 Å². The number of amides is 2. The molecule has 0 bridgehead atoms. The molecule has 1 saturated heterocycles. The third-order valence-electron chi connectivity index (χ3n) is 4.73. The second-order valence-electron chi connectivity index (χ2n) is 7.58. The Morgan fingerprint density at radius 1 is 1.21 bits per heavy atom. The van der Waals surface area contributed by atoms with E-state index in [-0.39, 0.29) is 24.5 Å². The normalized spacial score (nSPS) is 14.8. The third-order valence-corrected chi connectivity index (χ3v) is 6.55. The van der Waals surface area contributed by atoms with Crippen molar-refractivity contribution in [1.29, 1.82) is 0 Å². The van der Waals surface area contributed by atoms with Gasteiger partial charge in [0, 0.05) is 16.2 Å². The summed E-state index contributed by atoms with van der Waals surface area (Å²) in [6, 6.07) is 11.0. The van der Waals surface area contributed by atoms with Gasteiger partial charge in [0.25, 0.3) is 11.8 Å². The van der Waals surface area contributed by atoms with Crippen molar-refractivity contribution in [1.82, 2.24) is 4.90 Å². The number of halogens is 1. The second-order valence-corrected chi connectivity index (χ2v) is 10.2. The molecule has 1 fully saturated rings. The van der Waals surface area contributed by atoms with E-state index in [9.17, 15) is 9.59 Å². The summed E-state index contributed by atoms with van der Waals surface area (Å²) in [5.41, 5.74) is 2.45. The fourth-order valence-electron chi connectivity index (χ4n) is 3.18. The largest absolute Gasteiger partial charge is 0.490 e. The average Bonchev–Trinajstić information content (AvgIpc) is 3.02. The molecule has 1 heterocycles. The molecule has 2 aromatic carbocycles. The summed E-state index contributed by atoms with van der Waals surface area (Å²) in [5, 5.41) is 2.85. The lowest BCUT2D eigenvalue weighted by molar-refractivity contribution is -0.123. The SMILES string of the molecule is CCOc1cc(/C=C2\SC(=S)N(C(C)C)C2=O)ccc1OCC(=O)Nc1ccc(Br)cc1C. The fourth-order valence-corrected chi connectivity index (χ4v) is 5.17. The molecule has 0 radical (unpaired) electrons. The molecule has 0 aromatic heterocycles. The molecule has 6 nitrogen and oxygen atoms in total. The lowest BCUT2D eigenvalue weighted by atomic mass is 10.1. The average molecular weight is 550 g/mol. The van der Waals surface area contributed by atoms with Crippen LogP contribution in [0.15, 0.2) is 45.8 Å². The first kappa shape index (κ1) is 25.3. The summed E-state index contributed by atoms with van der Waals surface area (Å²) in [5.74, 6) is 0.576. The van der Waals surface area contributed by atoms with Crippen molar-refractivity contribution >= 4 is 67.8 Å². The number of benzene rings is 2. The van der Waals surface area contributed by atoms with Gasteiger partial charge in [-0.1, -0.05) is 46.0 Å². The van der Waals surface area contributed by atoms with E-state index in [2.05, 4.69) is 21.2 Å². The summed E-state index contributed by atoms with van der Waals surface area (Å²) < 4.78 is 12.9. The molecule has 0 saturated carbocycles. The summed E-state index contributed by atoms with van der Waals surface area (Å²) >= 11 is 10.0. The first-order chi connectivity index (χ1) is 15.7. The quantitative estimate of drug-likeness (QED) is 0.333. The molecule has 33 heavy (non-hydrogen) atoms. The van der Waals surface area contributed by atoms with E-state index >= 15 is 0 Å². The van der Waals surface area contributed by atoms with E-state index in [1.54, 1.807) is 23.1 Å². The topological polar surface area (TPSA) is 67.9 Å². The van der Waals surface area contributed by atoms with Gasteiger partial charge < -0.3 is 14.8 Å². The number of carbonyl (C=O) groups excluding carboxylic acids is 2. The van der Waals surface area contributed by atoms with Crippen LogP contribution in [0.2, 0.25) is 0 Å². The van der Waals surface area contributed by atoms with Crippen LogP contribution in [-0.4, -0.2) is 40.3 Å². The molecule has 3 rings (SSSR count). The third kappa shape index (κ3) is 6.37. The molecule has 0 spiro atoms. The molecule has 0 unspecified atom stereocenters. The van der Waals surface area contributed by atoms with Gasteiger partial charge >= 0.3 is 0 Å². The number of thioether (sulfide) groups is 1. The maximum Gasteiger partial charge on any atom is 0.266 e. The number of nitrogens with one attached hydrogen (secondary N) is 1. The van der Waals surface area contributed by atoms with Crippen LogP contribution in [0.25, 0.3) is 6.08 Å². The molecule has 9 heteroatoms. The van der Waals surface area contributed by atoms with Gasteiger partial charge in [-0.15, -0.1) is 0 Å². The predicted molar refractivity (Wildman–Crippen MR) is 141 cm³/mol. The fraction of sp³-hybridized carbons (Fsp3) is 0.292. The highest BCUT2D eigenvalue weighted by molar-refractivity contribution is 9.10. The van der Waals surface area contributed by atoms with E-state index in [1.165, 1.54) is 11.8 Å². The van der Waals surface area contributed by atoms with Crippen molar-refractivity contribution in [3.63, 3.8) is 0 Å². The Morgan fingerprint density at radius 2 is 1.97 bits per heavy atom. The van der Waals surface area contributed by atoms with Crippen molar-refractivity contribution in [2.24, 2.45) is 0 Å². The van der Waals surface area contributed by atoms with E-state index in [4.69, 9.17) is 21.7 Å². The Morgan fingerprint density at radius 3 is 2.61 bits per heavy atom. The minimum atomic E-state index is -0.274. The molecule has 0 aliphatic carbocycles. The molecule has 1 N–H and O–H groups in total. The number of carbonyl (C=O) groups is 2. The molecular formula is C24H25BrN2O4S2. The van der Waals surface area contributed by atoms with E-state index < -0.39 is 0 Å². The Kier molecular flexibility index (Phi) is 8.56. The standard InChI is InChI=1S/C24H25BrN2O4S2/c1-5-30-20-11-16(12-21-23(29)27(14(2)3)24(32)33-21)6-9-19(20)31-13-22(28)26-18-8-7-17(25)10-15(18)4/h6-12,14H,5,13H2,1-4H3,(H,26,28)/b21-12-. The minimum absolute atomic E-state index is 0.00510. The highest BCUT2D eigenvalue weighted by atomic mass is 79.9. The van der Waals surface area contributed by atoms with Crippen LogP contribution < -0.4 is 14.8 Å². The molecule has 0 atom stereocenters. The Hall–Kier alpha value is -2.36. The Bertz CT molecular complexity index is 1120. The number of anilines is 1. The lowest BCUT2D eigenvalue weighted by Gasteiger charge is -2.18. The van der Waals surface area contributed by atoms with Gasteiger partial charge in [0.1, 0.15) is 4.32 Å². The molecular weight excluding hydrogens is 524 g/mol. The highest BCUT2D eigenvalue weighted by Gasteiger charge is 2.33. The van der Waals surface area contributed by atoms with Gasteiger partial charge in [0.2, 0.25) is 0 Å². The Balaban J connectivity index is 1.71. The zero-order valence-corrected chi connectivity index (χ0v) is 22.0. The number of hydrogen-bond donors (Lipinski definition) is 1. The summed E-state index contributed by atoms with van der Waals surface area (Å²) in [4.78, 5) is 27.2.